The molecule has 0 atom stereocenters. The zero-order valence-electron chi connectivity index (χ0n) is 11.1. The fourth-order valence-corrected chi connectivity index (χ4v) is 2.79. The summed E-state index contributed by atoms with van der Waals surface area (Å²) in [5.41, 5.74) is -0.139. The van der Waals surface area contributed by atoms with Gasteiger partial charge in [-0.25, -0.2) is 18.1 Å². The first-order valence-electron chi connectivity index (χ1n) is 6.16. The summed E-state index contributed by atoms with van der Waals surface area (Å²) < 4.78 is 26.2. The van der Waals surface area contributed by atoms with Crippen LogP contribution in [0.5, 0.6) is 0 Å². The van der Waals surface area contributed by atoms with Gasteiger partial charge in [0, 0.05) is 19.0 Å². The highest BCUT2D eigenvalue weighted by molar-refractivity contribution is 7.89. The fourth-order valence-electron chi connectivity index (χ4n) is 1.78. The second-order valence-corrected chi connectivity index (χ2v) is 6.05. The molecule has 3 N–H and O–H groups in total. The van der Waals surface area contributed by atoms with E-state index in [2.05, 4.69) is 14.7 Å². The van der Waals surface area contributed by atoms with E-state index in [0.717, 1.165) is 0 Å². The van der Waals surface area contributed by atoms with Gasteiger partial charge in [-0.15, -0.1) is 0 Å². The molecule has 2 rings (SSSR count). The number of aliphatic carboxylic acids is 1. The van der Waals surface area contributed by atoms with Crippen molar-refractivity contribution in [1.29, 1.82) is 0 Å². The number of para-hydroxylation sites is 1. The van der Waals surface area contributed by atoms with Gasteiger partial charge in [-0.2, -0.15) is 0 Å². The molecule has 0 unspecified atom stereocenters. The van der Waals surface area contributed by atoms with Crippen LogP contribution in [0.25, 0.3) is 11.0 Å². The van der Waals surface area contributed by atoms with Crippen molar-refractivity contribution in [3.8, 4) is 0 Å². The molecule has 0 aliphatic heterocycles. The molecule has 0 spiro atoms. The average molecular weight is 328 g/mol. The first-order chi connectivity index (χ1) is 10.3. The van der Waals surface area contributed by atoms with Gasteiger partial charge >= 0.3 is 5.97 Å². The number of sulfonamides is 1. The number of benzene rings is 1. The van der Waals surface area contributed by atoms with Crippen LogP contribution in [0.2, 0.25) is 0 Å². The summed E-state index contributed by atoms with van der Waals surface area (Å²) in [6, 6.07) is 4.11. The molecule has 0 amide bonds. The van der Waals surface area contributed by atoms with Crippen LogP contribution in [-0.2, 0) is 14.8 Å². The summed E-state index contributed by atoms with van der Waals surface area (Å²) in [4.78, 5) is 26.8. The number of carbonyl (C=O) groups is 1. The third-order valence-electron chi connectivity index (χ3n) is 2.78. The zero-order chi connectivity index (χ0) is 16.3. The largest absolute Gasteiger partial charge is 0.481 e. The van der Waals surface area contributed by atoms with Gasteiger partial charge in [-0.05, 0) is 12.5 Å². The number of aromatic nitrogens is 2. The summed E-state index contributed by atoms with van der Waals surface area (Å²) in [6.07, 6.45) is -0.0525. The summed E-state index contributed by atoms with van der Waals surface area (Å²) in [7, 11) is -3.99. The SMILES string of the molecule is O=C(O)CCCNS(=O)(=O)c1nc2c([N+](=O)[O-])cccc2[nH]1. The van der Waals surface area contributed by atoms with Gasteiger partial charge in [0.25, 0.3) is 15.7 Å². The molecule has 0 aliphatic carbocycles. The predicted octanol–water partition coefficient (Wildman–Crippen LogP) is 0.614. The number of nitro benzene ring substituents is 1. The minimum atomic E-state index is -3.99. The van der Waals surface area contributed by atoms with Gasteiger partial charge < -0.3 is 10.1 Å². The van der Waals surface area contributed by atoms with Crippen molar-refractivity contribution in [3.63, 3.8) is 0 Å². The topological polar surface area (TPSA) is 155 Å². The predicted molar refractivity (Wildman–Crippen MR) is 74.8 cm³/mol. The molecule has 0 fully saturated rings. The Hall–Kier alpha value is -2.53. The summed E-state index contributed by atoms with van der Waals surface area (Å²) in [5, 5.41) is 18.9. The number of rotatable bonds is 7. The van der Waals surface area contributed by atoms with Crippen LogP contribution >= 0.6 is 0 Å². The van der Waals surface area contributed by atoms with E-state index in [0.29, 0.717) is 0 Å². The second-order valence-electron chi connectivity index (χ2n) is 4.37. The van der Waals surface area contributed by atoms with E-state index in [9.17, 15) is 23.3 Å². The van der Waals surface area contributed by atoms with E-state index in [1.807, 2.05) is 0 Å². The summed E-state index contributed by atoms with van der Waals surface area (Å²) in [6.45, 7) is -0.0756. The molecule has 0 saturated heterocycles. The van der Waals surface area contributed by atoms with Gasteiger partial charge in [0.2, 0.25) is 5.16 Å². The van der Waals surface area contributed by atoms with Crippen molar-refractivity contribution in [2.45, 2.75) is 18.0 Å². The van der Waals surface area contributed by atoms with Crippen molar-refractivity contribution in [1.82, 2.24) is 14.7 Å². The molecule has 1 heterocycles. The van der Waals surface area contributed by atoms with Crippen molar-refractivity contribution < 1.29 is 23.2 Å². The van der Waals surface area contributed by atoms with Gasteiger partial charge in [0.15, 0.2) is 5.52 Å². The molecule has 1 aromatic heterocycles. The third kappa shape index (κ3) is 3.38. The van der Waals surface area contributed by atoms with Crippen molar-refractivity contribution >= 4 is 32.7 Å². The van der Waals surface area contributed by atoms with Crippen LogP contribution in [0.15, 0.2) is 23.4 Å². The highest BCUT2D eigenvalue weighted by Gasteiger charge is 2.22. The van der Waals surface area contributed by atoms with Crippen LogP contribution in [0.1, 0.15) is 12.8 Å². The third-order valence-corrected chi connectivity index (χ3v) is 4.07. The number of nitro groups is 1. The normalized spacial score (nSPS) is 11.6. The molecule has 1 aromatic carbocycles. The van der Waals surface area contributed by atoms with E-state index in [-0.39, 0.29) is 36.1 Å². The maximum atomic E-state index is 12.0. The first-order valence-corrected chi connectivity index (χ1v) is 7.64. The number of non-ortho nitro benzene ring substituents is 1. The molecular formula is C11H12N4O6S. The summed E-state index contributed by atoms with van der Waals surface area (Å²) in [5.74, 6) is -1.03. The number of hydrogen-bond donors (Lipinski definition) is 3. The number of H-pyrrole nitrogens is 1. The molecule has 11 heteroatoms. The minimum Gasteiger partial charge on any atom is -0.481 e. The number of imidazole rings is 1. The lowest BCUT2D eigenvalue weighted by Crippen LogP contribution is -2.26. The van der Waals surface area contributed by atoms with Gasteiger partial charge in [0.05, 0.1) is 10.4 Å². The molecule has 0 radical (unpaired) electrons. The lowest BCUT2D eigenvalue weighted by atomic mass is 10.3. The Labute approximate surface area is 124 Å². The summed E-state index contributed by atoms with van der Waals surface area (Å²) >= 11 is 0. The standard InChI is InChI=1S/C11H12N4O6S/c16-9(17)5-2-6-12-22(20,21)11-13-7-3-1-4-8(15(18)19)10(7)14-11/h1,3-4,12H,2,5-6H2,(H,13,14)(H,16,17). The Balaban J connectivity index is 2.24. The van der Waals surface area contributed by atoms with E-state index >= 15 is 0 Å². The van der Waals surface area contributed by atoms with Gasteiger partial charge in [-0.1, -0.05) is 6.07 Å². The maximum Gasteiger partial charge on any atom is 0.303 e. The highest BCUT2D eigenvalue weighted by atomic mass is 32.2. The lowest BCUT2D eigenvalue weighted by molar-refractivity contribution is -0.383. The molecule has 118 valence electrons. The number of carboxylic acids is 1. The van der Waals surface area contributed by atoms with E-state index in [1.54, 1.807) is 0 Å². The number of nitrogens with one attached hydrogen (secondary N) is 2. The molecule has 10 nitrogen and oxygen atoms in total. The molecule has 0 saturated carbocycles. The first kappa shape index (κ1) is 15.9. The van der Waals surface area contributed by atoms with E-state index in [1.165, 1.54) is 18.2 Å². The quantitative estimate of drug-likeness (QED) is 0.382. The van der Waals surface area contributed by atoms with Crippen molar-refractivity contribution in [2.24, 2.45) is 0 Å². The van der Waals surface area contributed by atoms with Gasteiger partial charge in [-0.3, -0.25) is 14.9 Å². The van der Waals surface area contributed by atoms with Crippen molar-refractivity contribution in [2.75, 3.05) is 6.54 Å². The fraction of sp³-hybridized carbons (Fsp3) is 0.273. The Morgan fingerprint density at radius 3 is 2.82 bits per heavy atom. The van der Waals surface area contributed by atoms with Crippen LogP contribution in [0.3, 0.4) is 0 Å². The Kier molecular flexibility index (Phi) is 4.37. The number of hydrogen-bond acceptors (Lipinski definition) is 6. The molecule has 22 heavy (non-hydrogen) atoms. The monoisotopic (exact) mass is 328 g/mol. The number of carboxylic acid groups (broad SMARTS) is 1. The number of fused-ring (bicyclic) bond motifs is 1. The van der Waals surface area contributed by atoms with Crippen molar-refractivity contribution in [3.05, 3.63) is 28.3 Å². The molecule has 0 aliphatic rings. The van der Waals surface area contributed by atoms with E-state index in [4.69, 9.17) is 5.11 Å². The van der Waals surface area contributed by atoms with Crippen LogP contribution in [0, 0.1) is 10.1 Å². The number of aromatic amines is 1. The van der Waals surface area contributed by atoms with Crippen LogP contribution in [0.4, 0.5) is 5.69 Å². The number of nitrogens with zero attached hydrogens (tertiary/aromatic N) is 2. The average Bonchev–Trinajstić information content (AvgIpc) is 2.87. The van der Waals surface area contributed by atoms with Crippen LogP contribution < -0.4 is 4.72 Å². The smallest absolute Gasteiger partial charge is 0.303 e. The Morgan fingerprint density at radius 1 is 1.45 bits per heavy atom. The molecular weight excluding hydrogens is 316 g/mol. The highest BCUT2D eigenvalue weighted by Crippen LogP contribution is 2.24. The van der Waals surface area contributed by atoms with Crippen LogP contribution in [-0.4, -0.2) is 40.9 Å². The minimum absolute atomic E-state index is 0.0570. The lowest BCUT2D eigenvalue weighted by Gasteiger charge is -2.02. The Bertz CT molecular complexity index is 828. The zero-order valence-corrected chi connectivity index (χ0v) is 12.0. The maximum absolute atomic E-state index is 12.0. The molecule has 0 bridgehead atoms. The Morgan fingerprint density at radius 2 is 2.18 bits per heavy atom. The second kappa shape index (κ2) is 6.07. The van der Waals surface area contributed by atoms with Gasteiger partial charge in [0.1, 0.15) is 0 Å². The molecule has 2 aromatic rings. The van der Waals surface area contributed by atoms with E-state index < -0.39 is 26.1 Å².